The first kappa shape index (κ1) is 72.4. The van der Waals surface area contributed by atoms with Crippen LogP contribution in [0.4, 0.5) is 0 Å². The summed E-state index contributed by atoms with van der Waals surface area (Å²) >= 11 is 16.3. The summed E-state index contributed by atoms with van der Waals surface area (Å²) in [5.41, 5.74) is 22.5. The standard InChI is InChI=1S/C87H98N4O2S6/c1-9-14-19-24-29-57-38-54(6)41-64(45-57)86(65-42-55(7)39-58(46-65)30-25-20-15-10-2)70-50-72(68-36-34-62(52-92)78(90-94)76(68)88)96-80(70)82-74(86)84-85(98-82)75-83(99-84)81-71(51-73(97-81)69-37-35-63(53-93)79(91-95)77(69)89)87(75,66-43-56(8)40-59(47-66)31-26-21-16-11-3)67-48-60(32-27-22-17-12-4)44-61(49-67)33-28-23-18-13-5/h34-53,88-89,94-95H,9-33H2,1-8H3. The molecule has 12 heteroatoms. The Morgan fingerprint density at radius 3 is 0.970 bits per heavy atom. The van der Waals surface area contributed by atoms with Gasteiger partial charge in [0.25, 0.3) is 0 Å². The van der Waals surface area contributed by atoms with E-state index in [2.05, 4.69) is 175 Å². The molecule has 4 heterocycles. The first-order valence-electron chi connectivity index (χ1n) is 37.0. The summed E-state index contributed by atoms with van der Waals surface area (Å²) in [6.07, 6.45) is 37.7. The van der Waals surface area contributed by atoms with Crippen LogP contribution in [0.2, 0.25) is 0 Å². The van der Waals surface area contributed by atoms with Crippen LogP contribution in [0.1, 0.15) is 262 Å². The molecule has 4 aliphatic rings. The average molecular weight is 1420 g/mol. The number of benzene rings is 4. The van der Waals surface area contributed by atoms with Crippen molar-refractivity contribution in [2.24, 2.45) is 8.80 Å². The molecule has 0 saturated carbocycles. The Labute approximate surface area is 616 Å². The van der Waals surface area contributed by atoms with E-state index in [1.807, 2.05) is 47.0 Å². The SMILES string of the molecule is CCCCCCc1cc(C)cc(C2(c3cc(C)cc(CCCCCC)c3)c3cc(C4=CC=C(C=O)C(=NS)C4=N)sc3-c3sc4c5c(sc4c32)-c2sc(C3=CC=C(C=O)C(=NS)C3=N)cc2C5(c2cc(C)cc(CCCCCC)c2)c2cc(CCCCCC)cc(CCCCCC)c2)c1. The number of hydrogen-bond donors (Lipinski definition) is 4. The molecule has 2 N–H and O–H groups in total. The van der Waals surface area contributed by atoms with Crippen LogP contribution in [-0.2, 0) is 52.5 Å². The van der Waals surface area contributed by atoms with E-state index in [1.165, 1.54) is 214 Å². The molecule has 514 valence electrons. The second kappa shape index (κ2) is 32.3. The van der Waals surface area contributed by atoms with Crippen molar-refractivity contribution in [3.8, 4) is 19.5 Å². The van der Waals surface area contributed by atoms with E-state index in [4.69, 9.17) is 0 Å². The Morgan fingerprint density at radius 2 is 0.677 bits per heavy atom. The number of unbranched alkanes of at least 4 members (excludes halogenated alkanes) is 15. The van der Waals surface area contributed by atoms with Crippen LogP contribution in [0.25, 0.3) is 40.1 Å². The molecule has 0 fully saturated rings. The van der Waals surface area contributed by atoms with Crippen LogP contribution in [0.15, 0.2) is 129 Å². The number of nitrogens with one attached hydrogen (secondary N) is 2. The number of carbonyl (C=O) groups is 2. The molecule has 99 heavy (non-hydrogen) atoms. The summed E-state index contributed by atoms with van der Waals surface area (Å²) in [6, 6.07) is 35.2. The molecule has 0 spiro atoms. The third-order valence-electron chi connectivity index (χ3n) is 21.2. The predicted molar refractivity (Wildman–Crippen MR) is 436 cm³/mol. The zero-order chi connectivity index (χ0) is 69.5. The van der Waals surface area contributed by atoms with Crippen molar-refractivity contribution in [1.29, 1.82) is 10.8 Å². The quantitative estimate of drug-likeness (QED) is 0.0142. The second-order valence-corrected chi connectivity index (χ2v) is 33.0. The van der Waals surface area contributed by atoms with E-state index >= 15 is 0 Å². The van der Waals surface area contributed by atoms with Gasteiger partial charge in [0.05, 0.1) is 51.2 Å². The molecule has 1 atom stereocenters. The summed E-state index contributed by atoms with van der Waals surface area (Å²) in [5.74, 6) is 0. The lowest BCUT2D eigenvalue weighted by molar-refractivity contribution is -0.105. The summed E-state index contributed by atoms with van der Waals surface area (Å²) in [6.45, 7) is 18.4. The first-order chi connectivity index (χ1) is 48.2. The van der Waals surface area contributed by atoms with Gasteiger partial charge in [-0.15, -0.1) is 45.3 Å². The highest BCUT2D eigenvalue weighted by Crippen LogP contribution is 2.71. The van der Waals surface area contributed by atoms with Gasteiger partial charge in [0.15, 0.2) is 12.6 Å². The number of fused-ring (bicyclic) bond motifs is 9. The lowest BCUT2D eigenvalue weighted by atomic mass is 9.66. The lowest BCUT2D eigenvalue weighted by Gasteiger charge is -2.35. The minimum Gasteiger partial charge on any atom is -0.298 e. The van der Waals surface area contributed by atoms with Crippen molar-refractivity contribution in [1.82, 2.24) is 0 Å². The zero-order valence-corrected chi connectivity index (χ0v) is 64.5. The predicted octanol–water partition coefficient (Wildman–Crippen LogP) is 25.0. The summed E-state index contributed by atoms with van der Waals surface area (Å²) in [4.78, 5) is 32.1. The lowest BCUT2D eigenvalue weighted by Crippen LogP contribution is -2.30. The van der Waals surface area contributed by atoms with Crippen molar-refractivity contribution in [3.05, 3.63) is 219 Å². The number of aldehydes is 2. The van der Waals surface area contributed by atoms with E-state index in [0.717, 1.165) is 97.7 Å². The van der Waals surface area contributed by atoms with Crippen LogP contribution in [0.5, 0.6) is 0 Å². The maximum absolute atomic E-state index is 12.6. The van der Waals surface area contributed by atoms with Crippen LogP contribution < -0.4 is 0 Å². The molecule has 12 rings (SSSR count). The Hall–Kier alpha value is -6.38. The van der Waals surface area contributed by atoms with Gasteiger partial charge in [-0.05, 0) is 196 Å². The molecule has 4 aromatic carbocycles. The number of rotatable bonds is 33. The van der Waals surface area contributed by atoms with Crippen LogP contribution >= 0.6 is 71.0 Å². The molecule has 6 nitrogen and oxygen atoms in total. The molecule has 0 bridgehead atoms. The van der Waals surface area contributed by atoms with Crippen molar-refractivity contribution >= 4 is 127 Å². The van der Waals surface area contributed by atoms with Gasteiger partial charge in [-0.2, -0.15) is 0 Å². The van der Waals surface area contributed by atoms with Crippen LogP contribution in [0, 0.1) is 31.6 Å². The number of thiol groups is 2. The van der Waals surface area contributed by atoms with Gasteiger partial charge < -0.3 is 0 Å². The molecular formula is C87H98N4O2S6. The number of hydrogen-bond acceptors (Lipinski definition) is 12. The van der Waals surface area contributed by atoms with Crippen molar-refractivity contribution in [2.75, 3.05) is 0 Å². The first-order valence-corrected chi connectivity index (χ1v) is 41.1. The number of thiophene rings is 4. The maximum Gasteiger partial charge on any atom is 0.152 e. The summed E-state index contributed by atoms with van der Waals surface area (Å²) in [5, 5.41) is 19.6. The Bertz CT molecular complexity index is 4510. The molecule has 0 aliphatic heterocycles. The van der Waals surface area contributed by atoms with Gasteiger partial charge >= 0.3 is 0 Å². The van der Waals surface area contributed by atoms with Gasteiger partial charge in [-0.3, -0.25) is 20.4 Å². The fourth-order valence-corrected chi connectivity index (χ4v) is 22.8. The van der Waals surface area contributed by atoms with Crippen molar-refractivity contribution < 1.29 is 9.59 Å². The van der Waals surface area contributed by atoms with E-state index in [1.54, 1.807) is 22.7 Å². The third kappa shape index (κ3) is 14.0. The van der Waals surface area contributed by atoms with Gasteiger partial charge in [0, 0.05) is 43.2 Å². The largest absolute Gasteiger partial charge is 0.298 e. The van der Waals surface area contributed by atoms with Gasteiger partial charge in [0.1, 0.15) is 11.4 Å². The number of carbonyl (C=O) groups excluding carboxylic acids is 2. The van der Waals surface area contributed by atoms with E-state index in [-0.39, 0.29) is 22.8 Å². The highest BCUT2D eigenvalue weighted by molar-refractivity contribution is 7.79. The second-order valence-electron chi connectivity index (χ2n) is 28.5. The maximum atomic E-state index is 12.6. The molecule has 1 unspecified atom stereocenters. The molecule has 4 aliphatic carbocycles. The van der Waals surface area contributed by atoms with Gasteiger partial charge in [0.2, 0.25) is 0 Å². The molecule has 0 radical (unpaired) electrons. The zero-order valence-electron chi connectivity index (χ0n) is 59.5. The number of nitrogens with zero attached hydrogens (tertiary/aromatic N) is 2. The van der Waals surface area contributed by atoms with E-state index in [9.17, 15) is 20.4 Å². The van der Waals surface area contributed by atoms with E-state index in [0.29, 0.717) is 11.1 Å². The summed E-state index contributed by atoms with van der Waals surface area (Å²) in [7, 11) is 0. The fraction of sp³-hybridized carbons (Fsp3) is 0.402. The number of allylic oxidation sites excluding steroid dienone is 8. The Balaban J connectivity index is 1.24. The van der Waals surface area contributed by atoms with E-state index < -0.39 is 10.8 Å². The Kier molecular flexibility index (Phi) is 23.6. The minimum absolute atomic E-state index is 0.198. The van der Waals surface area contributed by atoms with Crippen molar-refractivity contribution in [2.45, 2.75) is 227 Å². The highest BCUT2D eigenvalue weighted by Gasteiger charge is 2.56. The highest BCUT2D eigenvalue weighted by atomic mass is 32.1. The molecule has 4 aromatic heterocycles. The molecule has 0 saturated heterocycles. The normalized spacial score (nSPS) is 16.9. The van der Waals surface area contributed by atoms with Crippen molar-refractivity contribution in [3.63, 3.8) is 0 Å². The third-order valence-corrected chi connectivity index (χ3v) is 26.8. The smallest absolute Gasteiger partial charge is 0.152 e. The van der Waals surface area contributed by atoms with Crippen LogP contribution in [0.3, 0.4) is 0 Å². The van der Waals surface area contributed by atoms with Gasteiger partial charge in [-0.1, -0.05) is 233 Å². The monoisotopic (exact) mass is 1420 g/mol. The average Bonchev–Trinajstić information content (AvgIpc) is 1.49. The minimum atomic E-state index is -0.803. The fourth-order valence-electron chi connectivity index (χ4n) is 16.4. The molecular weight excluding hydrogens is 1330 g/mol. The molecule has 8 aromatic rings. The van der Waals surface area contributed by atoms with Crippen LogP contribution in [-0.4, -0.2) is 35.4 Å². The molecule has 0 amide bonds. The Morgan fingerprint density at radius 1 is 0.374 bits per heavy atom. The summed E-state index contributed by atoms with van der Waals surface area (Å²) < 4.78 is 11.2. The topological polar surface area (TPSA) is 107 Å². The number of aryl methyl sites for hydroxylation is 8. The van der Waals surface area contributed by atoms with Gasteiger partial charge in [-0.25, -0.2) is 8.80 Å².